The van der Waals surface area contributed by atoms with Crippen LogP contribution in [-0.2, 0) is 11.2 Å². The second-order valence-corrected chi connectivity index (χ2v) is 7.07. The van der Waals surface area contributed by atoms with Gasteiger partial charge in [0.2, 0.25) is 5.91 Å². The zero-order valence-corrected chi connectivity index (χ0v) is 14.1. The summed E-state index contributed by atoms with van der Waals surface area (Å²) in [4.78, 5) is 14.5. The molecule has 0 N–H and O–H groups in total. The summed E-state index contributed by atoms with van der Waals surface area (Å²) in [5.74, 6) is 0.175. The van der Waals surface area contributed by atoms with Crippen LogP contribution in [0, 0.1) is 0 Å². The molecule has 0 fully saturated rings. The fourth-order valence-corrected chi connectivity index (χ4v) is 4.61. The van der Waals surface area contributed by atoms with Crippen LogP contribution in [0.4, 0.5) is 5.69 Å². The average molecular weight is 371 g/mol. The number of hydrogen-bond donors (Lipinski definition) is 0. The lowest BCUT2D eigenvalue weighted by Gasteiger charge is -2.26. The Morgan fingerprint density at radius 3 is 2.85 bits per heavy atom. The Hall–Kier alpha value is -0.840. The number of nitrogens with zero attached hydrogens (tertiary/aromatic N) is 1. The van der Waals surface area contributed by atoms with Gasteiger partial charge in [-0.2, -0.15) is 0 Å². The van der Waals surface area contributed by atoms with E-state index in [1.54, 1.807) is 16.2 Å². The second-order valence-electron chi connectivity index (χ2n) is 4.84. The average Bonchev–Trinajstić information content (AvgIpc) is 2.88. The number of fused-ring (bicyclic) bond motifs is 1. The number of rotatable bonds is 2. The maximum Gasteiger partial charge on any atom is 0.227 e. The van der Waals surface area contributed by atoms with Crippen molar-refractivity contribution in [3.63, 3.8) is 0 Å². The van der Waals surface area contributed by atoms with E-state index >= 15 is 0 Å². The minimum absolute atomic E-state index is 0.155. The van der Waals surface area contributed by atoms with E-state index in [0.717, 1.165) is 27.0 Å². The SMILES string of the molecule is CN1C(=O)CCc2cc(C(Cl)c3sccc3Br)ccc21. The summed E-state index contributed by atoms with van der Waals surface area (Å²) >= 11 is 11.8. The molecule has 2 heterocycles. The van der Waals surface area contributed by atoms with Crippen LogP contribution in [0.3, 0.4) is 0 Å². The third kappa shape index (κ3) is 2.41. The number of thiophene rings is 1. The summed E-state index contributed by atoms with van der Waals surface area (Å²) in [5.41, 5.74) is 3.28. The zero-order valence-electron chi connectivity index (χ0n) is 10.9. The van der Waals surface area contributed by atoms with Crippen LogP contribution in [0.25, 0.3) is 0 Å². The lowest BCUT2D eigenvalue weighted by Crippen LogP contribution is -2.31. The van der Waals surface area contributed by atoms with E-state index in [9.17, 15) is 4.79 Å². The standard InChI is InChI=1S/C15H13BrClNOS/c1-18-12-4-2-10(8-9(12)3-5-13(18)19)14(17)15-11(16)6-7-20-15/h2,4,6-8,14H,3,5H2,1H3. The molecule has 20 heavy (non-hydrogen) atoms. The molecule has 0 bridgehead atoms. The lowest BCUT2D eigenvalue weighted by molar-refractivity contribution is -0.118. The summed E-state index contributed by atoms with van der Waals surface area (Å²) in [6.45, 7) is 0. The topological polar surface area (TPSA) is 20.3 Å². The first-order valence-corrected chi connectivity index (χ1v) is 8.45. The highest BCUT2D eigenvalue weighted by molar-refractivity contribution is 9.10. The van der Waals surface area contributed by atoms with Crippen LogP contribution in [0.5, 0.6) is 0 Å². The number of anilines is 1. The summed E-state index contributed by atoms with van der Waals surface area (Å²) in [6.07, 6.45) is 1.37. The maximum atomic E-state index is 11.7. The van der Waals surface area contributed by atoms with E-state index < -0.39 is 0 Å². The van der Waals surface area contributed by atoms with Crippen molar-refractivity contribution in [2.24, 2.45) is 0 Å². The molecule has 2 nitrogen and oxygen atoms in total. The summed E-state index contributed by atoms with van der Waals surface area (Å²) in [7, 11) is 1.83. The highest BCUT2D eigenvalue weighted by Crippen LogP contribution is 2.39. The van der Waals surface area contributed by atoms with E-state index in [2.05, 4.69) is 22.0 Å². The molecular weight excluding hydrogens is 358 g/mol. The molecule has 5 heteroatoms. The van der Waals surface area contributed by atoms with Gasteiger partial charge in [-0.3, -0.25) is 4.79 Å². The molecule has 1 amide bonds. The molecule has 0 radical (unpaired) electrons. The highest BCUT2D eigenvalue weighted by Gasteiger charge is 2.23. The van der Waals surface area contributed by atoms with Gasteiger partial charge < -0.3 is 4.90 Å². The van der Waals surface area contributed by atoms with Gasteiger partial charge in [0.1, 0.15) is 0 Å². The second kappa shape index (κ2) is 5.51. The number of halogens is 2. The molecule has 1 aliphatic rings. The molecule has 0 aliphatic carbocycles. The van der Waals surface area contributed by atoms with E-state index in [1.807, 2.05) is 30.6 Å². The van der Waals surface area contributed by atoms with Gasteiger partial charge in [0.15, 0.2) is 0 Å². The summed E-state index contributed by atoms with van der Waals surface area (Å²) in [5, 5.41) is 1.87. The summed E-state index contributed by atoms with van der Waals surface area (Å²) < 4.78 is 1.05. The van der Waals surface area contributed by atoms with Crippen LogP contribution in [0.1, 0.15) is 27.8 Å². The van der Waals surface area contributed by atoms with E-state index in [4.69, 9.17) is 11.6 Å². The Labute approximate surface area is 135 Å². The number of amides is 1. The predicted octanol–water partition coefficient (Wildman–Crippen LogP) is 4.75. The van der Waals surface area contributed by atoms with Gasteiger partial charge in [0, 0.05) is 28.5 Å². The lowest BCUT2D eigenvalue weighted by atomic mass is 9.97. The molecule has 1 aromatic carbocycles. The molecule has 104 valence electrons. The molecule has 1 aromatic heterocycles. The van der Waals surface area contributed by atoms with Crippen molar-refractivity contribution in [1.82, 2.24) is 0 Å². The van der Waals surface area contributed by atoms with Crippen molar-refractivity contribution < 1.29 is 4.79 Å². The predicted molar refractivity (Wildman–Crippen MR) is 87.9 cm³/mol. The fraction of sp³-hybridized carbons (Fsp3) is 0.267. The smallest absolute Gasteiger partial charge is 0.227 e. The maximum absolute atomic E-state index is 11.7. The Bertz CT molecular complexity index is 670. The quantitative estimate of drug-likeness (QED) is 0.699. The number of benzene rings is 1. The number of carbonyl (C=O) groups excluding carboxylic acids is 1. The minimum Gasteiger partial charge on any atom is -0.315 e. The third-order valence-corrected chi connectivity index (χ3v) is 6.15. The first-order valence-electron chi connectivity index (χ1n) is 6.34. The van der Waals surface area contributed by atoms with Crippen molar-refractivity contribution in [2.45, 2.75) is 18.2 Å². The van der Waals surface area contributed by atoms with Gasteiger partial charge in [0.25, 0.3) is 0 Å². The third-order valence-electron chi connectivity index (χ3n) is 3.61. The Morgan fingerprint density at radius 1 is 1.35 bits per heavy atom. The fourth-order valence-electron chi connectivity index (χ4n) is 2.47. The normalized spacial score (nSPS) is 16.1. The summed E-state index contributed by atoms with van der Waals surface area (Å²) in [6, 6.07) is 8.15. The van der Waals surface area contributed by atoms with Crippen LogP contribution < -0.4 is 4.90 Å². The van der Waals surface area contributed by atoms with Crippen LogP contribution in [-0.4, -0.2) is 13.0 Å². The molecule has 1 unspecified atom stereocenters. The van der Waals surface area contributed by atoms with Crippen molar-refractivity contribution in [2.75, 3.05) is 11.9 Å². The number of alkyl halides is 1. The largest absolute Gasteiger partial charge is 0.315 e. The van der Waals surface area contributed by atoms with Crippen molar-refractivity contribution in [1.29, 1.82) is 0 Å². The molecule has 1 aliphatic heterocycles. The first-order chi connectivity index (χ1) is 9.58. The Balaban J connectivity index is 1.97. The van der Waals surface area contributed by atoms with E-state index in [1.165, 1.54) is 5.56 Å². The van der Waals surface area contributed by atoms with Crippen LogP contribution in [0.15, 0.2) is 34.1 Å². The van der Waals surface area contributed by atoms with E-state index in [0.29, 0.717) is 6.42 Å². The molecule has 0 spiro atoms. The van der Waals surface area contributed by atoms with Gasteiger partial charge in [0.05, 0.1) is 5.38 Å². The molecule has 0 saturated carbocycles. The first kappa shape index (κ1) is 14.1. The van der Waals surface area contributed by atoms with Gasteiger partial charge in [-0.15, -0.1) is 22.9 Å². The van der Waals surface area contributed by atoms with Crippen LogP contribution in [0.2, 0.25) is 0 Å². The van der Waals surface area contributed by atoms with E-state index in [-0.39, 0.29) is 11.3 Å². The van der Waals surface area contributed by atoms with Crippen molar-refractivity contribution >= 4 is 50.5 Å². The van der Waals surface area contributed by atoms with Crippen molar-refractivity contribution in [3.05, 3.63) is 50.1 Å². The minimum atomic E-state index is -0.155. The number of hydrogen-bond acceptors (Lipinski definition) is 2. The molecule has 3 rings (SSSR count). The Morgan fingerprint density at radius 2 is 2.15 bits per heavy atom. The molecule has 2 aromatic rings. The molecule has 0 saturated heterocycles. The van der Waals surface area contributed by atoms with Crippen LogP contribution >= 0.6 is 38.9 Å². The van der Waals surface area contributed by atoms with Gasteiger partial charge in [-0.25, -0.2) is 0 Å². The highest BCUT2D eigenvalue weighted by atomic mass is 79.9. The molecular formula is C15H13BrClNOS. The van der Waals surface area contributed by atoms with Gasteiger partial charge in [-0.05, 0) is 51.0 Å². The van der Waals surface area contributed by atoms with Gasteiger partial charge in [-0.1, -0.05) is 12.1 Å². The van der Waals surface area contributed by atoms with Gasteiger partial charge >= 0.3 is 0 Å². The van der Waals surface area contributed by atoms with Crippen molar-refractivity contribution in [3.8, 4) is 0 Å². The number of carbonyl (C=O) groups is 1. The molecule has 1 atom stereocenters. The number of aryl methyl sites for hydroxylation is 1. The zero-order chi connectivity index (χ0) is 14.3. The monoisotopic (exact) mass is 369 g/mol. The Kier molecular flexibility index (Phi) is 3.89.